The monoisotopic (exact) mass is 232 g/mol. The molecule has 16 heavy (non-hydrogen) atoms. The summed E-state index contributed by atoms with van der Waals surface area (Å²) >= 11 is 0. The van der Waals surface area contributed by atoms with E-state index in [2.05, 4.69) is 9.97 Å². The van der Waals surface area contributed by atoms with E-state index in [9.17, 15) is 13.2 Å². The van der Waals surface area contributed by atoms with Crippen molar-refractivity contribution >= 4 is 0 Å². The van der Waals surface area contributed by atoms with E-state index in [-0.39, 0.29) is 17.2 Å². The van der Waals surface area contributed by atoms with Crippen LogP contribution in [0, 0.1) is 5.41 Å². The van der Waals surface area contributed by atoms with Crippen LogP contribution in [-0.4, -0.2) is 9.97 Å². The summed E-state index contributed by atoms with van der Waals surface area (Å²) in [5.74, 6) is 0.108. The van der Waals surface area contributed by atoms with Gasteiger partial charge in [0.25, 0.3) is 0 Å². The van der Waals surface area contributed by atoms with Gasteiger partial charge < -0.3 is 0 Å². The predicted molar refractivity (Wildman–Crippen MR) is 54.9 cm³/mol. The van der Waals surface area contributed by atoms with Crippen LogP contribution in [0.5, 0.6) is 0 Å². The van der Waals surface area contributed by atoms with Crippen LogP contribution in [0.4, 0.5) is 13.2 Å². The zero-order valence-corrected chi connectivity index (χ0v) is 9.76. The first-order valence-electron chi connectivity index (χ1n) is 5.02. The van der Waals surface area contributed by atoms with Gasteiger partial charge in [-0.25, -0.2) is 9.97 Å². The fourth-order valence-electron chi connectivity index (χ4n) is 1.13. The summed E-state index contributed by atoms with van der Waals surface area (Å²) in [5.41, 5.74) is -1.04. The molecule has 1 aromatic rings. The molecule has 5 heteroatoms. The zero-order valence-electron chi connectivity index (χ0n) is 9.76. The lowest BCUT2D eigenvalue weighted by atomic mass is 9.81. The molecule has 0 N–H and O–H groups in total. The second-order valence-electron chi connectivity index (χ2n) is 4.89. The maximum absolute atomic E-state index is 12.4. The fourth-order valence-corrected chi connectivity index (χ4v) is 1.13. The van der Waals surface area contributed by atoms with E-state index in [1.807, 2.05) is 27.7 Å². The Morgan fingerprint density at radius 3 is 2.19 bits per heavy atom. The van der Waals surface area contributed by atoms with Crippen LogP contribution in [0.1, 0.15) is 45.1 Å². The predicted octanol–water partition coefficient (Wildman–Crippen LogP) is 3.65. The molecule has 1 heterocycles. The number of hydrogen-bond acceptors (Lipinski definition) is 2. The van der Waals surface area contributed by atoms with Crippen molar-refractivity contribution in [3.63, 3.8) is 0 Å². The molecule has 0 saturated carbocycles. The van der Waals surface area contributed by atoms with Gasteiger partial charge in [-0.1, -0.05) is 27.7 Å². The van der Waals surface area contributed by atoms with Gasteiger partial charge in [0.15, 0.2) is 0 Å². The van der Waals surface area contributed by atoms with E-state index in [0.717, 1.165) is 12.3 Å². The molecule has 0 radical (unpaired) electrons. The molecule has 0 aliphatic carbocycles. The summed E-state index contributed by atoms with van der Waals surface area (Å²) in [6.45, 7) is 7.67. The highest BCUT2D eigenvalue weighted by Gasteiger charge is 2.34. The van der Waals surface area contributed by atoms with Crippen LogP contribution in [0.2, 0.25) is 0 Å². The van der Waals surface area contributed by atoms with Gasteiger partial charge in [0, 0.05) is 12.1 Å². The third-order valence-corrected chi connectivity index (χ3v) is 2.65. The van der Waals surface area contributed by atoms with Crippen molar-refractivity contribution in [3.8, 4) is 0 Å². The molecular formula is C11H15F3N2. The number of rotatable bonds is 1. The van der Waals surface area contributed by atoms with Gasteiger partial charge in [0.1, 0.15) is 11.5 Å². The Labute approximate surface area is 92.9 Å². The molecule has 0 bridgehead atoms. The van der Waals surface area contributed by atoms with E-state index >= 15 is 0 Å². The van der Waals surface area contributed by atoms with Crippen molar-refractivity contribution in [2.45, 2.75) is 39.8 Å². The molecule has 90 valence electrons. The third kappa shape index (κ3) is 2.93. The Bertz CT molecular complexity index is 366. The van der Waals surface area contributed by atoms with Gasteiger partial charge in [0.05, 0.1) is 0 Å². The van der Waals surface area contributed by atoms with Gasteiger partial charge in [-0.15, -0.1) is 0 Å². The first-order valence-corrected chi connectivity index (χ1v) is 5.02. The van der Waals surface area contributed by atoms with Crippen LogP contribution >= 0.6 is 0 Å². The van der Waals surface area contributed by atoms with Gasteiger partial charge in [-0.3, -0.25) is 0 Å². The summed E-state index contributed by atoms with van der Waals surface area (Å²) in [6, 6.07) is 0.888. The Morgan fingerprint density at radius 1 is 1.19 bits per heavy atom. The number of nitrogens with zero attached hydrogens (tertiary/aromatic N) is 2. The van der Waals surface area contributed by atoms with E-state index in [4.69, 9.17) is 0 Å². The molecule has 0 saturated heterocycles. The Balaban J connectivity index is 3.09. The van der Waals surface area contributed by atoms with E-state index < -0.39 is 11.9 Å². The Morgan fingerprint density at radius 2 is 1.75 bits per heavy atom. The van der Waals surface area contributed by atoms with E-state index in [1.54, 1.807) is 0 Å². The minimum Gasteiger partial charge on any atom is -0.241 e. The molecule has 2 nitrogen and oxygen atoms in total. The molecule has 1 rings (SSSR count). The van der Waals surface area contributed by atoms with Crippen molar-refractivity contribution in [1.29, 1.82) is 0 Å². The first kappa shape index (κ1) is 12.9. The molecule has 0 aliphatic heterocycles. The lowest BCUT2D eigenvalue weighted by Gasteiger charge is -2.26. The number of hydrogen-bond donors (Lipinski definition) is 0. The molecular weight excluding hydrogens is 217 g/mol. The minimum absolute atomic E-state index is 0.130. The molecule has 0 fully saturated rings. The molecule has 0 spiro atoms. The Hall–Kier alpha value is -1.13. The van der Waals surface area contributed by atoms with Gasteiger partial charge in [-0.05, 0) is 11.5 Å². The van der Waals surface area contributed by atoms with Crippen molar-refractivity contribution < 1.29 is 13.2 Å². The summed E-state index contributed by atoms with van der Waals surface area (Å²) in [6.07, 6.45) is -3.25. The second kappa shape index (κ2) is 4.03. The number of alkyl halides is 3. The van der Waals surface area contributed by atoms with Crippen LogP contribution in [0.3, 0.4) is 0 Å². The summed E-state index contributed by atoms with van der Waals surface area (Å²) in [5, 5.41) is 0. The normalized spacial score (nSPS) is 14.9. The average Bonchev–Trinajstić information content (AvgIpc) is 2.14. The second-order valence-corrected chi connectivity index (χ2v) is 4.89. The highest BCUT2D eigenvalue weighted by atomic mass is 19.4. The maximum atomic E-state index is 12.4. The van der Waals surface area contributed by atoms with E-state index in [1.165, 1.54) is 0 Å². The lowest BCUT2D eigenvalue weighted by Crippen LogP contribution is -2.19. The third-order valence-electron chi connectivity index (χ3n) is 2.65. The smallest absolute Gasteiger partial charge is 0.241 e. The Kier molecular flexibility index (Phi) is 3.26. The van der Waals surface area contributed by atoms with Crippen molar-refractivity contribution in [1.82, 2.24) is 9.97 Å². The molecule has 0 aliphatic rings. The highest BCUT2D eigenvalue weighted by molar-refractivity contribution is 5.09. The molecule has 1 aromatic heterocycles. The summed E-state index contributed by atoms with van der Waals surface area (Å²) < 4.78 is 37.3. The first-order chi connectivity index (χ1) is 7.12. The van der Waals surface area contributed by atoms with Crippen molar-refractivity contribution in [2.24, 2.45) is 5.41 Å². The van der Waals surface area contributed by atoms with Gasteiger partial charge >= 0.3 is 6.18 Å². The number of aromatic nitrogens is 2. The van der Waals surface area contributed by atoms with Crippen LogP contribution < -0.4 is 0 Å². The number of halogens is 3. The zero-order chi connectivity index (χ0) is 12.6. The molecule has 0 aromatic carbocycles. The van der Waals surface area contributed by atoms with Crippen LogP contribution in [-0.2, 0) is 6.18 Å². The fraction of sp³-hybridized carbons (Fsp3) is 0.636. The van der Waals surface area contributed by atoms with Crippen molar-refractivity contribution in [2.75, 3.05) is 0 Å². The topological polar surface area (TPSA) is 25.8 Å². The summed E-state index contributed by atoms with van der Waals surface area (Å²) in [4.78, 5) is 7.48. The molecule has 0 amide bonds. The van der Waals surface area contributed by atoms with Gasteiger partial charge in [0.2, 0.25) is 0 Å². The average molecular weight is 232 g/mol. The van der Waals surface area contributed by atoms with Crippen LogP contribution in [0.15, 0.2) is 12.3 Å². The SMILES string of the molecule is CC(c1nccc(C(F)(F)F)n1)C(C)(C)C. The minimum atomic E-state index is -4.41. The van der Waals surface area contributed by atoms with Gasteiger partial charge in [-0.2, -0.15) is 13.2 Å². The molecule has 1 unspecified atom stereocenters. The van der Waals surface area contributed by atoms with Crippen molar-refractivity contribution in [3.05, 3.63) is 23.8 Å². The van der Waals surface area contributed by atoms with E-state index in [0.29, 0.717) is 0 Å². The summed E-state index contributed by atoms with van der Waals surface area (Å²) in [7, 11) is 0. The standard InChI is InChI=1S/C11H15F3N2/c1-7(10(2,3)4)9-15-6-5-8(16-9)11(12,13)14/h5-7H,1-4H3. The highest BCUT2D eigenvalue weighted by Crippen LogP contribution is 2.34. The van der Waals surface area contributed by atoms with Crippen LogP contribution in [0.25, 0.3) is 0 Å². The molecule has 1 atom stereocenters. The lowest BCUT2D eigenvalue weighted by molar-refractivity contribution is -0.141. The maximum Gasteiger partial charge on any atom is 0.433 e. The quantitative estimate of drug-likeness (QED) is 0.738. The largest absolute Gasteiger partial charge is 0.433 e.